The van der Waals surface area contributed by atoms with E-state index in [2.05, 4.69) is 30.3 Å². The van der Waals surface area contributed by atoms with Gasteiger partial charge in [0.15, 0.2) is 0 Å². The van der Waals surface area contributed by atoms with Crippen molar-refractivity contribution in [2.45, 2.75) is 39.2 Å². The second-order valence-corrected chi connectivity index (χ2v) is 4.37. The summed E-state index contributed by atoms with van der Waals surface area (Å²) >= 11 is 0. The number of ether oxygens (including phenoxy) is 1. The summed E-state index contributed by atoms with van der Waals surface area (Å²) in [5, 5.41) is 3.45. The highest BCUT2D eigenvalue weighted by Gasteiger charge is 1.95. The first kappa shape index (κ1) is 17.8. The first-order valence-electron chi connectivity index (χ1n) is 6.72. The summed E-state index contributed by atoms with van der Waals surface area (Å²) in [5.41, 5.74) is 1.28. The molecule has 1 aromatic rings. The molecule has 1 N–H and O–H groups in total. The van der Waals surface area contributed by atoms with Crippen LogP contribution >= 0.6 is 12.4 Å². The van der Waals surface area contributed by atoms with Crippen molar-refractivity contribution < 1.29 is 4.74 Å². The van der Waals surface area contributed by atoms with E-state index in [4.69, 9.17) is 11.2 Å². The number of hydrogen-bond acceptors (Lipinski definition) is 2. The molecule has 0 radical (unpaired) electrons. The van der Waals surface area contributed by atoms with Gasteiger partial charge in [-0.15, -0.1) is 18.8 Å². The summed E-state index contributed by atoms with van der Waals surface area (Å²) < 4.78 is 5.32. The van der Waals surface area contributed by atoms with Crippen LogP contribution in [-0.4, -0.2) is 13.2 Å². The predicted molar refractivity (Wildman–Crippen MR) is 83.9 cm³/mol. The average molecular weight is 282 g/mol. The van der Waals surface area contributed by atoms with Gasteiger partial charge < -0.3 is 10.1 Å². The molecule has 0 atom stereocenters. The van der Waals surface area contributed by atoms with Crippen LogP contribution in [0.4, 0.5) is 0 Å². The van der Waals surface area contributed by atoms with E-state index in [0.717, 1.165) is 18.8 Å². The largest absolute Gasteiger partial charge is 0.481 e. The van der Waals surface area contributed by atoms with Crippen LogP contribution in [0.15, 0.2) is 24.3 Å². The monoisotopic (exact) mass is 281 g/mol. The summed E-state index contributed by atoms with van der Waals surface area (Å²) in [5.74, 6) is 3.29. The average Bonchev–Trinajstić information content (AvgIpc) is 2.42. The van der Waals surface area contributed by atoms with Gasteiger partial charge in [0.2, 0.25) is 0 Å². The predicted octanol–water partition coefficient (Wildman–Crippen LogP) is 3.79. The van der Waals surface area contributed by atoms with Crippen LogP contribution in [-0.2, 0) is 6.54 Å². The van der Waals surface area contributed by atoms with E-state index >= 15 is 0 Å². The van der Waals surface area contributed by atoms with Crippen molar-refractivity contribution in [3.8, 4) is 18.1 Å². The van der Waals surface area contributed by atoms with Gasteiger partial charge in [0.05, 0.1) is 0 Å². The lowest BCUT2D eigenvalue weighted by molar-refractivity contribution is 0.370. The smallest absolute Gasteiger partial charge is 0.148 e. The molecule has 0 spiro atoms. The van der Waals surface area contributed by atoms with Gasteiger partial charge in [-0.3, -0.25) is 0 Å². The molecule has 0 aromatic heterocycles. The van der Waals surface area contributed by atoms with Crippen LogP contribution in [0, 0.1) is 12.3 Å². The molecule has 1 rings (SSSR count). The maximum absolute atomic E-state index is 5.32. The molecule has 0 aliphatic heterocycles. The minimum Gasteiger partial charge on any atom is -0.481 e. The van der Waals surface area contributed by atoms with Gasteiger partial charge in [-0.1, -0.05) is 44.2 Å². The molecule has 0 fully saturated rings. The standard InChI is InChI=1S/C16H23NO.ClH/c1-3-5-6-7-12-17-14-15-8-10-16(11-9-15)18-13-4-2;/h2,8-11,17H,3,5-7,12-14H2,1H3;1H. The van der Waals surface area contributed by atoms with E-state index in [1.54, 1.807) is 0 Å². The number of nitrogens with one attached hydrogen (secondary N) is 1. The molecule has 106 valence electrons. The van der Waals surface area contributed by atoms with Crippen LogP contribution in [0.2, 0.25) is 0 Å². The second kappa shape index (κ2) is 11.9. The van der Waals surface area contributed by atoms with Crippen molar-refractivity contribution in [1.82, 2.24) is 5.32 Å². The van der Waals surface area contributed by atoms with Crippen LogP contribution < -0.4 is 10.1 Å². The Balaban J connectivity index is 0.00000324. The minimum atomic E-state index is 0. The molecule has 19 heavy (non-hydrogen) atoms. The number of unbranched alkanes of at least 4 members (excludes halogenated alkanes) is 3. The van der Waals surface area contributed by atoms with Crippen LogP contribution in [0.25, 0.3) is 0 Å². The first-order valence-corrected chi connectivity index (χ1v) is 6.72. The van der Waals surface area contributed by atoms with Gasteiger partial charge in [0.25, 0.3) is 0 Å². The summed E-state index contributed by atoms with van der Waals surface area (Å²) in [6.45, 7) is 4.57. The highest BCUT2D eigenvalue weighted by molar-refractivity contribution is 5.85. The molecule has 0 unspecified atom stereocenters. The molecule has 0 heterocycles. The molecular formula is C16H24ClNO. The van der Waals surface area contributed by atoms with Crippen molar-refractivity contribution in [1.29, 1.82) is 0 Å². The van der Waals surface area contributed by atoms with Crippen molar-refractivity contribution in [2.75, 3.05) is 13.2 Å². The molecule has 0 aliphatic carbocycles. The van der Waals surface area contributed by atoms with Crippen molar-refractivity contribution in [3.63, 3.8) is 0 Å². The summed E-state index contributed by atoms with van der Waals surface area (Å²) in [7, 11) is 0. The van der Waals surface area contributed by atoms with Gasteiger partial charge in [-0.05, 0) is 30.7 Å². The van der Waals surface area contributed by atoms with Gasteiger partial charge in [-0.2, -0.15) is 0 Å². The lowest BCUT2D eigenvalue weighted by atomic mass is 10.2. The van der Waals surface area contributed by atoms with E-state index < -0.39 is 0 Å². The normalized spacial score (nSPS) is 9.47. The third kappa shape index (κ3) is 8.53. The fourth-order valence-corrected chi connectivity index (χ4v) is 1.74. The van der Waals surface area contributed by atoms with Crippen LogP contribution in [0.3, 0.4) is 0 Å². The Bertz CT molecular complexity index is 356. The minimum absolute atomic E-state index is 0. The quantitative estimate of drug-likeness (QED) is 0.549. The Labute approximate surface area is 123 Å². The van der Waals surface area contributed by atoms with E-state index in [9.17, 15) is 0 Å². The lowest BCUT2D eigenvalue weighted by Gasteiger charge is -2.06. The maximum atomic E-state index is 5.32. The topological polar surface area (TPSA) is 21.3 Å². The molecule has 0 amide bonds. The zero-order valence-electron chi connectivity index (χ0n) is 11.7. The Hall–Kier alpha value is -1.17. The summed E-state index contributed by atoms with van der Waals surface area (Å²) in [4.78, 5) is 0. The molecule has 3 heteroatoms. The summed E-state index contributed by atoms with van der Waals surface area (Å²) in [6, 6.07) is 8.08. The SMILES string of the molecule is C#CCOc1ccc(CNCCCCCC)cc1.Cl. The van der Waals surface area contributed by atoms with Crippen molar-refractivity contribution >= 4 is 12.4 Å². The zero-order chi connectivity index (χ0) is 13.1. The van der Waals surface area contributed by atoms with Gasteiger partial charge in [-0.25, -0.2) is 0 Å². The fraction of sp³-hybridized carbons (Fsp3) is 0.500. The van der Waals surface area contributed by atoms with Crippen molar-refractivity contribution in [3.05, 3.63) is 29.8 Å². The van der Waals surface area contributed by atoms with Crippen LogP contribution in [0.5, 0.6) is 5.75 Å². The van der Waals surface area contributed by atoms with E-state index in [-0.39, 0.29) is 12.4 Å². The highest BCUT2D eigenvalue weighted by atomic mass is 35.5. The Morgan fingerprint density at radius 3 is 2.53 bits per heavy atom. The molecule has 0 aliphatic rings. The third-order valence-corrected chi connectivity index (χ3v) is 2.78. The molecule has 0 bridgehead atoms. The van der Waals surface area contributed by atoms with E-state index in [0.29, 0.717) is 6.61 Å². The highest BCUT2D eigenvalue weighted by Crippen LogP contribution is 2.11. The molecule has 0 saturated carbocycles. The second-order valence-electron chi connectivity index (χ2n) is 4.37. The van der Waals surface area contributed by atoms with E-state index in [1.165, 1.54) is 31.2 Å². The number of benzene rings is 1. The molecule has 2 nitrogen and oxygen atoms in total. The number of terminal acetylenes is 1. The third-order valence-electron chi connectivity index (χ3n) is 2.78. The van der Waals surface area contributed by atoms with Gasteiger partial charge in [0.1, 0.15) is 12.4 Å². The van der Waals surface area contributed by atoms with E-state index in [1.807, 2.05) is 12.1 Å². The Kier molecular flexibility index (Phi) is 11.2. The number of hydrogen-bond donors (Lipinski definition) is 1. The Morgan fingerprint density at radius 1 is 1.16 bits per heavy atom. The number of rotatable bonds is 9. The maximum Gasteiger partial charge on any atom is 0.148 e. The first-order chi connectivity index (χ1) is 8.86. The number of halogens is 1. The van der Waals surface area contributed by atoms with Gasteiger partial charge >= 0.3 is 0 Å². The molecular weight excluding hydrogens is 258 g/mol. The van der Waals surface area contributed by atoms with Crippen LogP contribution in [0.1, 0.15) is 38.2 Å². The molecule has 0 saturated heterocycles. The fourth-order valence-electron chi connectivity index (χ4n) is 1.74. The molecule has 1 aromatic carbocycles. The van der Waals surface area contributed by atoms with Gasteiger partial charge in [0, 0.05) is 6.54 Å². The zero-order valence-corrected chi connectivity index (χ0v) is 12.5. The lowest BCUT2D eigenvalue weighted by Crippen LogP contribution is -2.14. The van der Waals surface area contributed by atoms with Crippen molar-refractivity contribution in [2.24, 2.45) is 0 Å². The summed E-state index contributed by atoms with van der Waals surface area (Å²) in [6.07, 6.45) is 10.3. The Morgan fingerprint density at radius 2 is 1.89 bits per heavy atom.